The number of rotatable bonds is 6. The van der Waals surface area contributed by atoms with E-state index in [2.05, 4.69) is 20.8 Å². The molecule has 0 aromatic carbocycles. The SMILES string of the molecule is [CH2]CCCC(C)CCC[CH2]. The Balaban J connectivity index is 3.00. The lowest BCUT2D eigenvalue weighted by Gasteiger charge is -2.08. The van der Waals surface area contributed by atoms with Crippen molar-refractivity contribution in [1.29, 1.82) is 0 Å². The Morgan fingerprint density at radius 1 is 1.00 bits per heavy atom. The predicted octanol–water partition coefficient (Wildman–Crippen LogP) is 3.63. The van der Waals surface area contributed by atoms with Gasteiger partial charge >= 0.3 is 0 Å². The molecule has 60 valence electrons. The van der Waals surface area contributed by atoms with Crippen molar-refractivity contribution in [2.24, 2.45) is 5.92 Å². The molecule has 0 heteroatoms. The average Bonchev–Trinajstić information content (AvgIpc) is 1.97. The van der Waals surface area contributed by atoms with Crippen LogP contribution in [-0.4, -0.2) is 0 Å². The van der Waals surface area contributed by atoms with Crippen molar-refractivity contribution in [2.45, 2.75) is 45.4 Å². The summed E-state index contributed by atoms with van der Waals surface area (Å²) in [6.07, 6.45) is 7.47. The topological polar surface area (TPSA) is 0 Å². The second-order valence-corrected chi connectivity index (χ2v) is 3.10. The molecule has 0 unspecified atom stereocenters. The van der Waals surface area contributed by atoms with Gasteiger partial charge in [-0.25, -0.2) is 0 Å². The molecule has 0 saturated carbocycles. The first-order valence-electron chi connectivity index (χ1n) is 4.39. The summed E-state index contributed by atoms with van der Waals surface area (Å²) >= 11 is 0. The Kier molecular flexibility index (Phi) is 7.11. The van der Waals surface area contributed by atoms with E-state index in [4.69, 9.17) is 0 Å². The number of hydrogen-bond acceptors (Lipinski definition) is 0. The maximum Gasteiger partial charge on any atom is -0.0443 e. The summed E-state index contributed by atoms with van der Waals surface area (Å²) in [5.74, 6) is 0.892. The highest BCUT2D eigenvalue weighted by Crippen LogP contribution is 2.14. The van der Waals surface area contributed by atoms with E-state index in [0.717, 1.165) is 18.8 Å². The van der Waals surface area contributed by atoms with E-state index in [-0.39, 0.29) is 0 Å². The summed E-state index contributed by atoms with van der Waals surface area (Å²) in [4.78, 5) is 0. The van der Waals surface area contributed by atoms with Crippen molar-refractivity contribution in [2.75, 3.05) is 0 Å². The van der Waals surface area contributed by atoms with E-state index >= 15 is 0 Å². The fourth-order valence-electron chi connectivity index (χ4n) is 1.13. The predicted molar refractivity (Wildman–Crippen MR) is 47.6 cm³/mol. The minimum atomic E-state index is 0.892. The van der Waals surface area contributed by atoms with Crippen LogP contribution in [0, 0.1) is 19.8 Å². The van der Waals surface area contributed by atoms with Crippen LogP contribution in [0.1, 0.15) is 45.4 Å². The molecule has 0 amide bonds. The average molecular weight is 140 g/mol. The molecule has 0 rings (SSSR count). The maximum atomic E-state index is 3.83. The van der Waals surface area contributed by atoms with Gasteiger partial charge in [0, 0.05) is 0 Å². The summed E-state index contributed by atoms with van der Waals surface area (Å²) < 4.78 is 0. The van der Waals surface area contributed by atoms with E-state index in [1.165, 1.54) is 25.7 Å². The molecule has 0 aromatic heterocycles. The van der Waals surface area contributed by atoms with Crippen LogP contribution in [0.25, 0.3) is 0 Å². The smallest absolute Gasteiger partial charge is 0.0443 e. The largest absolute Gasteiger partial charge is 0.0625 e. The molecule has 0 atom stereocenters. The van der Waals surface area contributed by atoms with E-state index < -0.39 is 0 Å². The molecular weight excluding hydrogens is 120 g/mol. The number of unbranched alkanes of at least 4 members (excludes halogenated alkanes) is 2. The van der Waals surface area contributed by atoms with Crippen molar-refractivity contribution in [3.63, 3.8) is 0 Å². The Hall–Kier alpha value is 0. The van der Waals surface area contributed by atoms with Crippen LogP contribution >= 0.6 is 0 Å². The third-order valence-electron chi connectivity index (χ3n) is 1.89. The van der Waals surface area contributed by atoms with E-state index in [9.17, 15) is 0 Å². The molecule has 0 spiro atoms. The van der Waals surface area contributed by atoms with Crippen LogP contribution in [0.2, 0.25) is 0 Å². The van der Waals surface area contributed by atoms with Gasteiger partial charge in [-0.05, 0) is 5.92 Å². The van der Waals surface area contributed by atoms with Gasteiger partial charge in [0.25, 0.3) is 0 Å². The molecule has 0 N–H and O–H groups in total. The fraction of sp³-hybridized carbons (Fsp3) is 0.800. The summed E-state index contributed by atoms with van der Waals surface area (Å²) in [7, 11) is 0. The van der Waals surface area contributed by atoms with Crippen molar-refractivity contribution < 1.29 is 0 Å². The monoisotopic (exact) mass is 140 g/mol. The van der Waals surface area contributed by atoms with Gasteiger partial charge in [0.05, 0.1) is 0 Å². The highest BCUT2D eigenvalue weighted by molar-refractivity contribution is 4.55. The maximum absolute atomic E-state index is 3.83. The van der Waals surface area contributed by atoms with E-state index in [1.54, 1.807) is 0 Å². The summed E-state index contributed by atoms with van der Waals surface area (Å²) in [5.41, 5.74) is 0. The molecule has 0 aliphatic carbocycles. The van der Waals surface area contributed by atoms with Gasteiger partial charge in [-0.3, -0.25) is 0 Å². The second-order valence-electron chi connectivity index (χ2n) is 3.10. The lowest BCUT2D eigenvalue weighted by molar-refractivity contribution is 0.463. The van der Waals surface area contributed by atoms with Crippen LogP contribution in [0.15, 0.2) is 0 Å². The van der Waals surface area contributed by atoms with Crippen molar-refractivity contribution in [3.05, 3.63) is 13.8 Å². The quantitative estimate of drug-likeness (QED) is 0.528. The van der Waals surface area contributed by atoms with Gasteiger partial charge in [-0.1, -0.05) is 59.3 Å². The molecule has 0 fully saturated rings. The normalized spacial score (nSPS) is 10.8. The van der Waals surface area contributed by atoms with Gasteiger partial charge in [0.1, 0.15) is 0 Å². The molecule has 0 aromatic rings. The van der Waals surface area contributed by atoms with E-state index in [0.29, 0.717) is 0 Å². The van der Waals surface area contributed by atoms with Crippen LogP contribution in [-0.2, 0) is 0 Å². The lowest BCUT2D eigenvalue weighted by atomic mass is 9.98. The van der Waals surface area contributed by atoms with Crippen LogP contribution in [0.3, 0.4) is 0 Å². The number of hydrogen-bond donors (Lipinski definition) is 0. The molecular formula is C10H20. The summed E-state index contributed by atoms with van der Waals surface area (Å²) in [6, 6.07) is 0. The molecule has 0 nitrogen and oxygen atoms in total. The summed E-state index contributed by atoms with van der Waals surface area (Å²) in [6.45, 7) is 9.98. The first-order valence-corrected chi connectivity index (χ1v) is 4.39. The Bertz CT molecular complexity index is 49.1. The molecule has 0 saturated heterocycles. The zero-order chi connectivity index (χ0) is 7.82. The Morgan fingerprint density at radius 3 is 1.70 bits per heavy atom. The second kappa shape index (κ2) is 7.11. The highest BCUT2D eigenvalue weighted by Gasteiger charge is 1.98. The minimum Gasteiger partial charge on any atom is -0.0625 e. The minimum absolute atomic E-state index is 0.892. The molecule has 0 aliphatic rings. The Morgan fingerprint density at radius 2 is 1.40 bits per heavy atom. The standard InChI is InChI=1S/C10H20/c1-4-6-8-10(3)9-7-5-2/h10H,1-2,4-9H2,3H3. The Labute approximate surface area is 66.0 Å². The third kappa shape index (κ3) is 6.12. The van der Waals surface area contributed by atoms with Gasteiger partial charge in [-0.2, -0.15) is 0 Å². The third-order valence-corrected chi connectivity index (χ3v) is 1.89. The van der Waals surface area contributed by atoms with Crippen molar-refractivity contribution in [1.82, 2.24) is 0 Å². The lowest BCUT2D eigenvalue weighted by Crippen LogP contribution is -1.93. The zero-order valence-corrected chi connectivity index (χ0v) is 7.23. The van der Waals surface area contributed by atoms with Gasteiger partial charge in [-0.15, -0.1) is 0 Å². The fourth-order valence-corrected chi connectivity index (χ4v) is 1.13. The van der Waals surface area contributed by atoms with Crippen molar-refractivity contribution in [3.8, 4) is 0 Å². The van der Waals surface area contributed by atoms with Crippen molar-refractivity contribution >= 4 is 0 Å². The highest BCUT2D eigenvalue weighted by atomic mass is 14.0. The van der Waals surface area contributed by atoms with Crippen LogP contribution in [0.5, 0.6) is 0 Å². The summed E-state index contributed by atoms with van der Waals surface area (Å²) in [5, 5.41) is 0. The molecule has 0 bridgehead atoms. The zero-order valence-electron chi connectivity index (χ0n) is 7.23. The van der Waals surface area contributed by atoms with Gasteiger partial charge in [0.2, 0.25) is 0 Å². The first-order chi connectivity index (χ1) is 4.81. The molecule has 2 radical (unpaired) electrons. The van der Waals surface area contributed by atoms with Gasteiger partial charge < -0.3 is 0 Å². The van der Waals surface area contributed by atoms with Gasteiger partial charge in [0.15, 0.2) is 0 Å². The van der Waals surface area contributed by atoms with Crippen LogP contribution in [0.4, 0.5) is 0 Å². The van der Waals surface area contributed by atoms with Crippen LogP contribution < -0.4 is 0 Å². The molecule has 0 heterocycles. The first kappa shape index (κ1) is 10.0. The van der Waals surface area contributed by atoms with E-state index in [1.807, 2.05) is 0 Å². The molecule has 10 heavy (non-hydrogen) atoms. The molecule has 0 aliphatic heterocycles.